The third-order valence-electron chi connectivity index (χ3n) is 5.23. The van der Waals surface area contributed by atoms with Crippen molar-refractivity contribution in [1.29, 1.82) is 0 Å². The number of piperidine rings is 1. The Morgan fingerprint density at radius 3 is 2.58 bits per heavy atom. The molecule has 1 aromatic carbocycles. The molecule has 2 aromatic heterocycles. The number of nitrogens with zero attached hydrogens (tertiary/aromatic N) is 3. The normalized spacial score (nSPS) is 17.3. The van der Waals surface area contributed by atoms with Crippen LogP contribution in [0.5, 0.6) is 0 Å². The van der Waals surface area contributed by atoms with Gasteiger partial charge in [-0.15, -0.1) is 0 Å². The molecule has 3 aromatic rings. The van der Waals surface area contributed by atoms with E-state index in [1.54, 1.807) is 6.33 Å². The van der Waals surface area contributed by atoms with Crippen molar-refractivity contribution in [2.45, 2.75) is 25.3 Å². The number of benzene rings is 1. The van der Waals surface area contributed by atoms with Crippen molar-refractivity contribution >= 4 is 11.6 Å². The lowest BCUT2D eigenvalue weighted by molar-refractivity contribution is 0.148. The van der Waals surface area contributed by atoms with Gasteiger partial charge in [0.15, 0.2) is 0 Å². The van der Waals surface area contributed by atoms with Crippen molar-refractivity contribution < 1.29 is 0 Å². The Morgan fingerprint density at radius 1 is 1.12 bits per heavy atom. The minimum absolute atomic E-state index is 0.182. The van der Waals surface area contributed by atoms with Gasteiger partial charge in [0.25, 0.3) is 0 Å². The van der Waals surface area contributed by atoms with E-state index in [4.69, 9.17) is 11.6 Å². The van der Waals surface area contributed by atoms with Crippen LogP contribution in [-0.2, 0) is 6.42 Å². The summed E-state index contributed by atoms with van der Waals surface area (Å²) in [5, 5.41) is 0.770. The van der Waals surface area contributed by atoms with Crippen molar-refractivity contribution in [2.24, 2.45) is 5.92 Å². The maximum Gasteiger partial charge on any atom is 0.0921 e. The van der Waals surface area contributed by atoms with E-state index < -0.39 is 0 Å². The van der Waals surface area contributed by atoms with Gasteiger partial charge in [-0.25, -0.2) is 4.98 Å². The van der Waals surface area contributed by atoms with Gasteiger partial charge in [-0.3, -0.25) is 9.88 Å². The number of halogens is 1. The minimum Gasteiger partial charge on any atom is -0.348 e. The zero-order valence-electron chi connectivity index (χ0n) is 14.7. The molecule has 1 saturated heterocycles. The van der Waals surface area contributed by atoms with Crippen LogP contribution in [0.25, 0.3) is 0 Å². The van der Waals surface area contributed by atoms with Gasteiger partial charge in [-0.05, 0) is 68.1 Å². The molecule has 1 fully saturated rings. The number of imidazole rings is 1. The van der Waals surface area contributed by atoms with E-state index in [1.807, 2.05) is 30.6 Å². The first-order valence-electron chi connectivity index (χ1n) is 9.17. The van der Waals surface area contributed by atoms with E-state index in [0.29, 0.717) is 5.92 Å². The summed E-state index contributed by atoms with van der Waals surface area (Å²) in [5.74, 6) is 0.710. The first kappa shape index (κ1) is 17.3. The summed E-state index contributed by atoms with van der Waals surface area (Å²) >= 11 is 6.10. The smallest absolute Gasteiger partial charge is 0.0921 e. The van der Waals surface area contributed by atoms with Crippen molar-refractivity contribution in [3.63, 3.8) is 0 Å². The largest absolute Gasteiger partial charge is 0.348 e. The molecule has 0 radical (unpaired) electrons. The van der Waals surface area contributed by atoms with E-state index in [2.05, 4.69) is 44.1 Å². The van der Waals surface area contributed by atoms with Crippen LogP contribution in [0.3, 0.4) is 0 Å². The van der Waals surface area contributed by atoms with E-state index >= 15 is 0 Å². The highest BCUT2D eigenvalue weighted by molar-refractivity contribution is 6.30. The second kappa shape index (κ2) is 8.02. The molecule has 134 valence electrons. The molecule has 1 aliphatic rings. The van der Waals surface area contributed by atoms with Gasteiger partial charge in [0.2, 0.25) is 0 Å². The van der Waals surface area contributed by atoms with Gasteiger partial charge < -0.3 is 4.98 Å². The molecule has 3 heterocycles. The molecule has 1 unspecified atom stereocenters. The number of hydrogen-bond acceptors (Lipinski definition) is 3. The second-order valence-corrected chi connectivity index (χ2v) is 7.41. The quantitative estimate of drug-likeness (QED) is 0.723. The Labute approximate surface area is 159 Å². The van der Waals surface area contributed by atoms with Crippen LogP contribution < -0.4 is 0 Å². The molecule has 0 aliphatic carbocycles. The molecule has 0 spiro atoms. The second-order valence-electron chi connectivity index (χ2n) is 6.97. The summed E-state index contributed by atoms with van der Waals surface area (Å²) in [5.41, 5.74) is 3.59. The third kappa shape index (κ3) is 3.97. The third-order valence-corrected chi connectivity index (χ3v) is 5.48. The monoisotopic (exact) mass is 366 g/mol. The van der Waals surface area contributed by atoms with Crippen molar-refractivity contribution in [3.05, 3.63) is 83.2 Å². The molecule has 4 nitrogen and oxygen atoms in total. The lowest BCUT2D eigenvalue weighted by Gasteiger charge is -2.37. The molecule has 5 heteroatoms. The minimum atomic E-state index is 0.182. The zero-order chi connectivity index (χ0) is 17.8. The Balaban J connectivity index is 1.51. The predicted octanol–water partition coefficient (Wildman–Crippen LogP) is 4.50. The number of nitrogens with one attached hydrogen (secondary N) is 1. The fourth-order valence-electron chi connectivity index (χ4n) is 3.87. The van der Waals surface area contributed by atoms with Gasteiger partial charge in [0, 0.05) is 23.1 Å². The van der Waals surface area contributed by atoms with Crippen LogP contribution in [0, 0.1) is 5.92 Å². The topological polar surface area (TPSA) is 44.8 Å². The van der Waals surface area contributed by atoms with Gasteiger partial charge >= 0.3 is 0 Å². The molecule has 1 N–H and O–H groups in total. The first-order valence-corrected chi connectivity index (χ1v) is 9.55. The lowest BCUT2D eigenvalue weighted by Crippen LogP contribution is -2.38. The highest BCUT2D eigenvalue weighted by Gasteiger charge is 2.28. The van der Waals surface area contributed by atoms with E-state index in [0.717, 1.165) is 30.2 Å². The van der Waals surface area contributed by atoms with E-state index in [9.17, 15) is 0 Å². The number of pyridine rings is 1. The number of rotatable bonds is 5. The molecule has 1 atom stereocenters. The van der Waals surface area contributed by atoms with Crippen molar-refractivity contribution in [3.8, 4) is 0 Å². The molecular weight excluding hydrogens is 344 g/mol. The Kier molecular flexibility index (Phi) is 5.32. The van der Waals surface area contributed by atoms with Crippen LogP contribution in [0.15, 0.2) is 61.2 Å². The lowest BCUT2D eigenvalue weighted by atomic mass is 9.90. The highest BCUT2D eigenvalue weighted by atomic mass is 35.5. The molecule has 4 rings (SSSR count). The van der Waals surface area contributed by atoms with E-state index in [1.165, 1.54) is 24.1 Å². The molecule has 0 bridgehead atoms. The number of H-pyrrole nitrogens is 1. The van der Waals surface area contributed by atoms with Crippen LogP contribution >= 0.6 is 11.6 Å². The summed E-state index contributed by atoms with van der Waals surface area (Å²) in [4.78, 5) is 14.6. The summed E-state index contributed by atoms with van der Waals surface area (Å²) in [7, 11) is 0. The van der Waals surface area contributed by atoms with Gasteiger partial charge in [-0.2, -0.15) is 0 Å². The van der Waals surface area contributed by atoms with Crippen LogP contribution in [0.2, 0.25) is 5.02 Å². The maximum absolute atomic E-state index is 6.10. The number of aromatic amines is 1. The van der Waals surface area contributed by atoms with Crippen molar-refractivity contribution in [2.75, 3.05) is 13.1 Å². The SMILES string of the molecule is Clc1ccc(C(c2ccccn2)N2CCC(Cc3cnc[nH]3)CC2)cc1. The summed E-state index contributed by atoms with van der Waals surface area (Å²) in [6.45, 7) is 2.14. The van der Waals surface area contributed by atoms with Gasteiger partial charge in [0.05, 0.1) is 18.1 Å². The van der Waals surface area contributed by atoms with Crippen LogP contribution in [-0.4, -0.2) is 32.9 Å². The molecule has 26 heavy (non-hydrogen) atoms. The molecule has 0 amide bonds. The summed E-state index contributed by atoms with van der Waals surface area (Å²) in [6.07, 6.45) is 9.05. The van der Waals surface area contributed by atoms with Gasteiger partial charge in [-0.1, -0.05) is 29.8 Å². The number of likely N-dealkylation sites (tertiary alicyclic amines) is 1. The molecular formula is C21H23ClN4. The summed E-state index contributed by atoms with van der Waals surface area (Å²) in [6, 6.07) is 14.5. The first-order chi connectivity index (χ1) is 12.8. The fraction of sp³-hybridized carbons (Fsp3) is 0.333. The number of hydrogen-bond donors (Lipinski definition) is 1. The fourth-order valence-corrected chi connectivity index (χ4v) is 4.00. The standard InChI is InChI=1S/C21H23ClN4/c22-18-6-4-17(5-7-18)21(20-3-1-2-10-24-20)26-11-8-16(9-12-26)13-19-14-23-15-25-19/h1-7,10,14-16,21H,8-9,11-13H2,(H,23,25). The Morgan fingerprint density at radius 2 is 1.92 bits per heavy atom. The molecule has 1 aliphatic heterocycles. The van der Waals surface area contributed by atoms with Crippen LogP contribution in [0.4, 0.5) is 0 Å². The molecule has 0 saturated carbocycles. The highest BCUT2D eigenvalue weighted by Crippen LogP contribution is 2.32. The van der Waals surface area contributed by atoms with Gasteiger partial charge in [0.1, 0.15) is 0 Å². The Hall–Kier alpha value is -2.17. The van der Waals surface area contributed by atoms with Crippen molar-refractivity contribution in [1.82, 2.24) is 19.9 Å². The average molecular weight is 367 g/mol. The summed E-state index contributed by atoms with van der Waals surface area (Å²) < 4.78 is 0. The van der Waals surface area contributed by atoms with E-state index in [-0.39, 0.29) is 6.04 Å². The maximum atomic E-state index is 6.10. The number of aromatic nitrogens is 3. The van der Waals surface area contributed by atoms with Crippen LogP contribution in [0.1, 0.15) is 35.8 Å². The Bertz CT molecular complexity index is 794. The predicted molar refractivity (Wildman–Crippen MR) is 104 cm³/mol. The zero-order valence-corrected chi connectivity index (χ0v) is 15.4. The average Bonchev–Trinajstić information content (AvgIpc) is 3.19.